The Morgan fingerprint density at radius 1 is 1.25 bits per heavy atom. The van der Waals surface area contributed by atoms with Gasteiger partial charge in [-0.15, -0.1) is 0 Å². The molecule has 1 N–H and O–H groups in total. The van der Waals surface area contributed by atoms with Gasteiger partial charge in [-0.1, -0.05) is 52.7 Å². The maximum Gasteiger partial charge on any atom is 0.123 e. The van der Waals surface area contributed by atoms with Crippen molar-refractivity contribution in [2.45, 2.75) is 19.4 Å². The van der Waals surface area contributed by atoms with Gasteiger partial charge in [0.15, 0.2) is 0 Å². The number of nitrogens with one attached hydrogen (secondary N) is 1. The second kappa shape index (κ2) is 7.21. The first-order valence-corrected chi connectivity index (χ1v) is 7.72. The van der Waals surface area contributed by atoms with E-state index < -0.39 is 0 Å². The Hall–Kier alpha value is -0.900. The zero-order valence-electron chi connectivity index (χ0n) is 11.2. The van der Waals surface area contributed by atoms with Crippen molar-refractivity contribution in [3.8, 4) is 0 Å². The van der Waals surface area contributed by atoms with Crippen LogP contribution >= 0.6 is 27.5 Å². The van der Waals surface area contributed by atoms with Crippen molar-refractivity contribution >= 4 is 27.5 Å². The molecule has 0 aliphatic rings. The molecule has 0 bridgehead atoms. The Balaban J connectivity index is 2.41. The van der Waals surface area contributed by atoms with Crippen molar-refractivity contribution in [1.82, 2.24) is 5.32 Å². The van der Waals surface area contributed by atoms with Gasteiger partial charge in [0, 0.05) is 9.50 Å². The predicted octanol–water partition coefficient (Wildman–Crippen LogP) is 5.33. The molecule has 1 atom stereocenters. The van der Waals surface area contributed by atoms with E-state index >= 15 is 0 Å². The first kappa shape index (κ1) is 15.5. The molecule has 2 aromatic carbocycles. The van der Waals surface area contributed by atoms with Gasteiger partial charge in [0.2, 0.25) is 0 Å². The van der Waals surface area contributed by atoms with E-state index in [1.807, 2.05) is 24.3 Å². The van der Waals surface area contributed by atoms with Crippen LogP contribution in [0.4, 0.5) is 4.39 Å². The summed E-state index contributed by atoms with van der Waals surface area (Å²) in [5.74, 6) is -0.237. The Bertz CT molecular complexity index is 588. The van der Waals surface area contributed by atoms with Crippen LogP contribution in [0.15, 0.2) is 46.9 Å². The highest BCUT2D eigenvalue weighted by molar-refractivity contribution is 9.10. The lowest BCUT2D eigenvalue weighted by molar-refractivity contribution is 0.585. The zero-order valence-corrected chi connectivity index (χ0v) is 13.5. The molecule has 0 spiro atoms. The summed E-state index contributed by atoms with van der Waals surface area (Å²) in [6.45, 7) is 2.94. The van der Waals surface area contributed by atoms with E-state index in [0.29, 0.717) is 5.02 Å². The van der Waals surface area contributed by atoms with Crippen LogP contribution in [0, 0.1) is 5.82 Å². The van der Waals surface area contributed by atoms with Gasteiger partial charge < -0.3 is 5.32 Å². The minimum Gasteiger partial charge on any atom is -0.306 e. The van der Waals surface area contributed by atoms with Crippen molar-refractivity contribution in [2.75, 3.05) is 6.54 Å². The lowest BCUT2D eigenvalue weighted by Gasteiger charge is -2.21. The maximum absolute atomic E-state index is 13.5. The summed E-state index contributed by atoms with van der Waals surface area (Å²) >= 11 is 9.73. The standard InChI is InChI=1S/C16H16BrClFN/c1-2-8-20-16(11-4-3-5-13(19)9-11)14-7-6-12(17)10-15(14)18/h3-7,9-10,16,20H,2,8H2,1H3. The molecule has 0 heterocycles. The van der Waals surface area contributed by atoms with Crippen LogP contribution in [-0.4, -0.2) is 6.54 Å². The van der Waals surface area contributed by atoms with Crippen molar-refractivity contribution in [2.24, 2.45) is 0 Å². The molecule has 0 saturated heterocycles. The van der Waals surface area contributed by atoms with E-state index in [4.69, 9.17) is 11.6 Å². The molecule has 20 heavy (non-hydrogen) atoms. The zero-order chi connectivity index (χ0) is 14.5. The quantitative estimate of drug-likeness (QED) is 0.763. The van der Waals surface area contributed by atoms with Crippen molar-refractivity contribution in [3.63, 3.8) is 0 Å². The fraction of sp³-hybridized carbons (Fsp3) is 0.250. The first-order chi connectivity index (χ1) is 9.61. The largest absolute Gasteiger partial charge is 0.306 e. The van der Waals surface area contributed by atoms with Gasteiger partial charge in [-0.25, -0.2) is 4.39 Å². The highest BCUT2D eigenvalue weighted by Gasteiger charge is 2.17. The summed E-state index contributed by atoms with van der Waals surface area (Å²) < 4.78 is 14.4. The summed E-state index contributed by atoms with van der Waals surface area (Å²) in [5, 5.41) is 4.09. The minimum absolute atomic E-state index is 0.105. The van der Waals surface area contributed by atoms with Crippen LogP contribution in [0.5, 0.6) is 0 Å². The molecule has 0 aromatic heterocycles. The predicted molar refractivity (Wildman–Crippen MR) is 85.7 cm³/mol. The molecule has 2 aromatic rings. The van der Waals surface area contributed by atoms with Gasteiger partial charge in [-0.2, -0.15) is 0 Å². The molecule has 4 heteroatoms. The second-order valence-electron chi connectivity index (χ2n) is 4.61. The molecule has 106 valence electrons. The minimum atomic E-state index is -0.237. The average Bonchev–Trinajstić information content (AvgIpc) is 2.41. The van der Waals surface area contributed by atoms with E-state index in [1.165, 1.54) is 6.07 Å². The van der Waals surface area contributed by atoms with Gasteiger partial charge in [0.1, 0.15) is 5.82 Å². The van der Waals surface area contributed by atoms with Gasteiger partial charge in [-0.3, -0.25) is 0 Å². The number of rotatable bonds is 5. The Morgan fingerprint density at radius 2 is 2.05 bits per heavy atom. The van der Waals surface area contributed by atoms with E-state index in [0.717, 1.165) is 28.6 Å². The summed E-state index contributed by atoms with van der Waals surface area (Å²) in [6.07, 6.45) is 1.000. The SMILES string of the molecule is CCCNC(c1cccc(F)c1)c1ccc(Br)cc1Cl. The Morgan fingerprint density at radius 3 is 2.70 bits per heavy atom. The fourth-order valence-electron chi connectivity index (χ4n) is 2.12. The number of hydrogen-bond acceptors (Lipinski definition) is 1. The molecule has 0 aliphatic carbocycles. The summed E-state index contributed by atoms with van der Waals surface area (Å²) in [7, 11) is 0. The Labute approximate surface area is 132 Å². The molecule has 1 unspecified atom stereocenters. The molecule has 2 rings (SSSR count). The molecular weight excluding hydrogens is 341 g/mol. The highest BCUT2D eigenvalue weighted by Crippen LogP contribution is 2.30. The molecule has 0 saturated carbocycles. The van der Waals surface area contributed by atoms with E-state index in [1.54, 1.807) is 12.1 Å². The third-order valence-corrected chi connectivity index (χ3v) is 3.87. The van der Waals surface area contributed by atoms with Crippen molar-refractivity contribution < 1.29 is 4.39 Å². The first-order valence-electron chi connectivity index (χ1n) is 6.55. The van der Waals surface area contributed by atoms with Crippen LogP contribution in [0.25, 0.3) is 0 Å². The monoisotopic (exact) mass is 355 g/mol. The average molecular weight is 357 g/mol. The smallest absolute Gasteiger partial charge is 0.123 e. The second-order valence-corrected chi connectivity index (χ2v) is 5.93. The van der Waals surface area contributed by atoms with Crippen LogP contribution in [0.2, 0.25) is 5.02 Å². The number of halogens is 3. The number of hydrogen-bond donors (Lipinski definition) is 1. The van der Waals surface area contributed by atoms with Gasteiger partial charge in [-0.05, 0) is 48.4 Å². The lowest BCUT2D eigenvalue weighted by atomic mass is 9.98. The fourth-order valence-corrected chi connectivity index (χ4v) is 2.90. The molecule has 0 fully saturated rings. The third-order valence-electron chi connectivity index (χ3n) is 3.05. The van der Waals surface area contributed by atoms with Gasteiger partial charge >= 0.3 is 0 Å². The Kier molecular flexibility index (Phi) is 5.58. The van der Waals surface area contributed by atoms with E-state index in [9.17, 15) is 4.39 Å². The van der Waals surface area contributed by atoms with Gasteiger partial charge in [0.05, 0.1) is 6.04 Å². The van der Waals surface area contributed by atoms with Crippen molar-refractivity contribution in [1.29, 1.82) is 0 Å². The van der Waals surface area contributed by atoms with Crippen molar-refractivity contribution in [3.05, 3.63) is 68.9 Å². The summed E-state index contributed by atoms with van der Waals surface area (Å²) in [5.41, 5.74) is 1.83. The normalized spacial score (nSPS) is 12.4. The summed E-state index contributed by atoms with van der Waals surface area (Å²) in [4.78, 5) is 0. The number of benzene rings is 2. The van der Waals surface area contributed by atoms with Crippen LogP contribution in [-0.2, 0) is 0 Å². The topological polar surface area (TPSA) is 12.0 Å². The van der Waals surface area contributed by atoms with Crippen LogP contribution < -0.4 is 5.32 Å². The highest BCUT2D eigenvalue weighted by atomic mass is 79.9. The molecule has 0 radical (unpaired) electrons. The molecule has 0 amide bonds. The van der Waals surface area contributed by atoms with E-state index in [-0.39, 0.29) is 11.9 Å². The van der Waals surface area contributed by atoms with Crippen LogP contribution in [0.3, 0.4) is 0 Å². The van der Waals surface area contributed by atoms with Crippen LogP contribution in [0.1, 0.15) is 30.5 Å². The third kappa shape index (κ3) is 3.81. The lowest BCUT2D eigenvalue weighted by Crippen LogP contribution is -2.23. The molecule has 1 nitrogen and oxygen atoms in total. The van der Waals surface area contributed by atoms with Gasteiger partial charge in [0.25, 0.3) is 0 Å². The summed E-state index contributed by atoms with van der Waals surface area (Å²) in [6, 6.07) is 12.3. The maximum atomic E-state index is 13.5. The van der Waals surface area contributed by atoms with E-state index in [2.05, 4.69) is 28.2 Å². The molecule has 0 aliphatic heterocycles. The molecular formula is C16H16BrClFN.